The third-order valence-electron chi connectivity index (χ3n) is 4.19. The number of hydrogen-bond donors (Lipinski definition) is 1. The standard InChI is InChI=1S/C21H19N3O5/c1-2-29-19-11-14(10-18(21(19)26)24(27)28)13-22-23-20(25)12-16-8-5-7-15-6-3-4-9-17(15)16/h3-11,13,26H,2,12H2,1H3,(H,23,25)/p-1/b22-13-. The fourth-order valence-electron chi connectivity index (χ4n) is 2.92. The number of nitro groups is 1. The number of rotatable bonds is 7. The quantitative estimate of drug-likeness (QED) is 0.377. The number of ether oxygens (including phenoxy) is 1. The number of carbonyl (C=O) groups is 1. The van der Waals surface area contributed by atoms with E-state index in [1.54, 1.807) is 6.92 Å². The molecule has 0 unspecified atom stereocenters. The Morgan fingerprint density at radius 3 is 2.72 bits per heavy atom. The Morgan fingerprint density at radius 2 is 1.97 bits per heavy atom. The van der Waals surface area contributed by atoms with Crippen LogP contribution in [0.25, 0.3) is 10.8 Å². The van der Waals surface area contributed by atoms with Gasteiger partial charge in [-0.2, -0.15) is 5.10 Å². The van der Waals surface area contributed by atoms with Crippen molar-refractivity contribution in [2.45, 2.75) is 13.3 Å². The lowest BCUT2D eigenvalue weighted by molar-refractivity contribution is -0.398. The van der Waals surface area contributed by atoms with E-state index in [-0.39, 0.29) is 30.2 Å². The van der Waals surface area contributed by atoms with E-state index < -0.39 is 16.4 Å². The van der Waals surface area contributed by atoms with Crippen LogP contribution in [-0.4, -0.2) is 23.7 Å². The van der Waals surface area contributed by atoms with E-state index in [2.05, 4.69) is 10.5 Å². The molecule has 0 saturated heterocycles. The summed E-state index contributed by atoms with van der Waals surface area (Å²) in [7, 11) is 0. The molecule has 148 valence electrons. The highest BCUT2D eigenvalue weighted by atomic mass is 16.6. The van der Waals surface area contributed by atoms with Crippen molar-refractivity contribution in [3.05, 3.63) is 75.8 Å². The fraction of sp³-hybridized carbons (Fsp3) is 0.143. The predicted octanol–water partition coefficient (Wildman–Crippen LogP) is 2.91. The number of carbonyl (C=O) groups excluding carboxylic acids is 1. The molecule has 3 rings (SSSR count). The van der Waals surface area contributed by atoms with Crippen LogP contribution in [0.5, 0.6) is 11.5 Å². The van der Waals surface area contributed by atoms with Gasteiger partial charge in [-0.3, -0.25) is 14.9 Å². The number of amides is 1. The molecule has 3 aromatic rings. The molecule has 0 spiro atoms. The minimum Gasteiger partial charge on any atom is -0.865 e. The maximum atomic E-state index is 12.2. The minimum absolute atomic E-state index is 0.128. The Morgan fingerprint density at radius 1 is 1.21 bits per heavy atom. The Hall–Kier alpha value is -3.94. The molecule has 0 radical (unpaired) electrons. The van der Waals surface area contributed by atoms with Crippen molar-refractivity contribution in [1.29, 1.82) is 0 Å². The van der Waals surface area contributed by atoms with Gasteiger partial charge in [0.15, 0.2) is 0 Å². The molecule has 1 N–H and O–H groups in total. The van der Waals surface area contributed by atoms with Crippen molar-refractivity contribution < 1.29 is 19.6 Å². The van der Waals surface area contributed by atoms with Gasteiger partial charge in [0, 0.05) is 17.4 Å². The van der Waals surface area contributed by atoms with Crippen molar-refractivity contribution >= 4 is 28.6 Å². The lowest BCUT2D eigenvalue weighted by Gasteiger charge is -2.14. The van der Waals surface area contributed by atoms with Gasteiger partial charge in [0.25, 0.3) is 5.69 Å². The normalized spacial score (nSPS) is 10.9. The van der Waals surface area contributed by atoms with Crippen LogP contribution in [-0.2, 0) is 11.2 Å². The van der Waals surface area contributed by atoms with Gasteiger partial charge in [0.05, 0.1) is 24.2 Å². The zero-order valence-corrected chi connectivity index (χ0v) is 15.6. The second-order valence-corrected chi connectivity index (χ2v) is 6.17. The van der Waals surface area contributed by atoms with Gasteiger partial charge in [-0.05, 0) is 29.3 Å². The summed E-state index contributed by atoms with van der Waals surface area (Å²) in [6, 6.07) is 15.9. The van der Waals surface area contributed by atoms with Gasteiger partial charge < -0.3 is 9.84 Å². The van der Waals surface area contributed by atoms with Crippen LogP contribution >= 0.6 is 0 Å². The Labute approximate surface area is 166 Å². The highest BCUT2D eigenvalue weighted by Gasteiger charge is 2.13. The molecule has 0 aromatic heterocycles. The predicted molar refractivity (Wildman–Crippen MR) is 107 cm³/mol. The first-order chi connectivity index (χ1) is 14.0. The van der Waals surface area contributed by atoms with Crippen LogP contribution in [0.1, 0.15) is 18.1 Å². The third kappa shape index (κ3) is 4.67. The molecular formula is C21H18N3O5-. The molecule has 0 saturated carbocycles. The van der Waals surface area contributed by atoms with Crippen molar-refractivity contribution in [2.24, 2.45) is 5.10 Å². The number of nitro benzene ring substituents is 1. The highest BCUT2D eigenvalue weighted by molar-refractivity contribution is 5.91. The summed E-state index contributed by atoms with van der Waals surface area (Å²) in [5, 5.41) is 28.9. The van der Waals surface area contributed by atoms with Crippen molar-refractivity contribution in [3.8, 4) is 11.5 Å². The molecular weight excluding hydrogens is 374 g/mol. The maximum Gasteiger partial charge on any atom is 0.266 e. The van der Waals surface area contributed by atoms with E-state index in [1.807, 2.05) is 42.5 Å². The molecule has 0 fully saturated rings. The number of hydrogen-bond acceptors (Lipinski definition) is 6. The molecule has 0 heterocycles. The molecule has 1 amide bonds. The lowest BCUT2D eigenvalue weighted by atomic mass is 10.0. The van der Waals surface area contributed by atoms with Crippen LogP contribution in [0, 0.1) is 10.1 Å². The maximum absolute atomic E-state index is 12.2. The van der Waals surface area contributed by atoms with Crippen LogP contribution in [0.15, 0.2) is 59.7 Å². The van der Waals surface area contributed by atoms with E-state index in [9.17, 15) is 20.0 Å². The molecule has 0 bridgehead atoms. The van der Waals surface area contributed by atoms with E-state index in [0.29, 0.717) is 0 Å². The van der Waals surface area contributed by atoms with Crippen molar-refractivity contribution in [2.75, 3.05) is 6.61 Å². The average molecular weight is 392 g/mol. The molecule has 8 heteroatoms. The molecule has 8 nitrogen and oxygen atoms in total. The van der Waals surface area contributed by atoms with Gasteiger partial charge in [0.2, 0.25) is 5.91 Å². The first-order valence-electron chi connectivity index (χ1n) is 8.90. The highest BCUT2D eigenvalue weighted by Crippen LogP contribution is 2.34. The summed E-state index contributed by atoms with van der Waals surface area (Å²) in [6.45, 7) is 1.86. The monoisotopic (exact) mass is 392 g/mol. The first-order valence-corrected chi connectivity index (χ1v) is 8.90. The van der Waals surface area contributed by atoms with Crippen molar-refractivity contribution in [3.63, 3.8) is 0 Å². The number of benzene rings is 3. The third-order valence-corrected chi connectivity index (χ3v) is 4.19. The number of fused-ring (bicyclic) bond motifs is 1. The van der Waals surface area contributed by atoms with Crippen LogP contribution in [0.4, 0.5) is 5.69 Å². The van der Waals surface area contributed by atoms with E-state index in [4.69, 9.17) is 4.74 Å². The van der Waals surface area contributed by atoms with Crippen molar-refractivity contribution in [1.82, 2.24) is 5.43 Å². The Bertz CT molecular complexity index is 1090. The molecule has 0 aliphatic heterocycles. The van der Waals surface area contributed by atoms with E-state index >= 15 is 0 Å². The van der Waals surface area contributed by atoms with E-state index in [1.165, 1.54) is 12.3 Å². The molecule has 29 heavy (non-hydrogen) atoms. The number of nitrogens with zero attached hydrogens (tertiary/aromatic N) is 2. The van der Waals surface area contributed by atoms with Crippen LogP contribution in [0.2, 0.25) is 0 Å². The molecule has 0 aliphatic rings. The fourth-order valence-corrected chi connectivity index (χ4v) is 2.92. The summed E-state index contributed by atoms with van der Waals surface area (Å²) in [5.74, 6) is -1.27. The average Bonchev–Trinajstić information content (AvgIpc) is 2.70. The van der Waals surface area contributed by atoms with Crippen LogP contribution < -0.4 is 15.3 Å². The van der Waals surface area contributed by atoms with Gasteiger partial charge in [-0.25, -0.2) is 5.43 Å². The van der Waals surface area contributed by atoms with Gasteiger partial charge in [0.1, 0.15) is 5.75 Å². The first kappa shape index (κ1) is 19.8. The van der Waals surface area contributed by atoms with E-state index in [0.717, 1.165) is 22.4 Å². The lowest BCUT2D eigenvalue weighted by Crippen LogP contribution is -2.19. The summed E-state index contributed by atoms with van der Waals surface area (Å²) in [5.41, 5.74) is 2.92. The van der Waals surface area contributed by atoms with Gasteiger partial charge >= 0.3 is 0 Å². The van der Waals surface area contributed by atoms with Gasteiger partial charge in [-0.15, -0.1) is 0 Å². The van der Waals surface area contributed by atoms with Gasteiger partial charge in [-0.1, -0.05) is 42.5 Å². The Kier molecular flexibility index (Phi) is 6.03. The second-order valence-electron chi connectivity index (χ2n) is 6.17. The summed E-state index contributed by atoms with van der Waals surface area (Å²) >= 11 is 0. The smallest absolute Gasteiger partial charge is 0.266 e. The second kappa shape index (κ2) is 8.83. The van der Waals surface area contributed by atoms with Crippen LogP contribution in [0.3, 0.4) is 0 Å². The zero-order chi connectivity index (χ0) is 20.8. The number of hydrazone groups is 1. The summed E-state index contributed by atoms with van der Waals surface area (Å²) < 4.78 is 5.15. The largest absolute Gasteiger partial charge is 0.865 e. The number of nitrogens with one attached hydrogen (secondary N) is 1. The molecule has 0 atom stereocenters. The zero-order valence-electron chi connectivity index (χ0n) is 15.6. The SMILES string of the molecule is CCOc1cc(/C=N\NC(=O)Cc2cccc3ccccc23)cc([N+](=O)[O-])c1[O-]. The minimum atomic E-state index is -0.797. The molecule has 0 aliphatic carbocycles. The topological polar surface area (TPSA) is 117 Å². The summed E-state index contributed by atoms with van der Waals surface area (Å²) in [4.78, 5) is 22.5. The molecule has 3 aromatic carbocycles. The Balaban J connectivity index is 1.73. The summed E-state index contributed by atoms with van der Waals surface area (Å²) in [6.07, 6.45) is 1.36.